The van der Waals surface area contributed by atoms with Crippen molar-refractivity contribution in [3.8, 4) is 5.88 Å². The number of piperidine rings is 1. The lowest BCUT2D eigenvalue weighted by atomic mass is 10.1. The molecule has 6 nitrogen and oxygen atoms in total. The molecule has 0 bridgehead atoms. The molecule has 1 aliphatic rings. The summed E-state index contributed by atoms with van der Waals surface area (Å²) in [6.07, 6.45) is 3.57. The number of carbonyl (C=O) groups excluding carboxylic acids is 1. The second-order valence-electron chi connectivity index (χ2n) is 4.56. The molecule has 2 amide bonds. The minimum absolute atomic E-state index is 0.332. The summed E-state index contributed by atoms with van der Waals surface area (Å²) in [4.78, 5) is 16.9. The van der Waals surface area contributed by atoms with Crippen molar-refractivity contribution in [2.24, 2.45) is 5.73 Å². The third-order valence-electron chi connectivity index (χ3n) is 3.21. The van der Waals surface area contributed by atoms with Crippen LogP contribution in [0.15, 0.2) is 18.3 Å². The first-order chi connectivity index (χ1) is 9.19. The van der Waals surface area contributed by atoms with Gasteiger partial charge in [-0.15, -0.1) is 0 Å². The fourth-order valence-corrected chi connectivity index (χ4v) is 2.18. The number of carbonyl (C=O) groups is 1. The fourth-order valence-electron chi connectivity index (χ4n) is 2.18. The Balaban J connectivity index is 1.83. The largest absolute Gasteiger partial charge is 0.478 e. The van der Waals surface area contributed by atoms with E-state index in [1.807, 2.05) is 19.1 Å². The summed E-state index contributed by atoms with van der Waals surface area (Å²) in [6.45, 7) is 3.96. The summed E-state index contributed by atoms with van der Waals surface area (Å²) in [5.74, 6) is 0.636. The Morgan fingerprint density at radius 3 is 2.79 bits per heavy atom. The number of aromatic nitrogens is 1. The third kappa shape index (κ3) is 3.74. The fraction of sp³-hybridized carbons (Fsp3) is 0.538. The van der Waals surface area contributed by atoms with Crippen LogP contribution < -0.4 is 15.8 Å². The zero-order valence-corrected chi connectivity index (χ0v) is 11.1. The van der Waals surface area contributed by atoms with E-state index >= 15 is 0 Å². The quantitative estimate of drug-likeness (QED) is 0.862. The minimum atomic E-state index is -0.332. The zero-order chi connectivity index (χ0) is 13.7. The first kappa shape index (κ1) is 13.5. The van der Waals surface area contributed by atoms with E-state index in [1.165, 1.54) is 0 Å². The highest BCUT2D eigenvalue weighted by atomic mass is 16.5. The zero-order valence-electron chi connectivity index (χ0n) is 11.1. The van der Waals surface area contributed by atoms with Crippen molar-refractivity contribution in [2.75, 3.05) is 25.0 Å². The standard InChI is InChI=1S/C13H20N4O2/c1-2-19-12-4-3-11(9-15-12)16-10-5-7-17(8-6-10)13(14)18/h3-4,9-10,16H,2,5-8H2,1H3,(H2,14,18). The van der Waals surface area contributed by atoms with Crippen molar-refractivity contribution in [3.05, 3.63) is 18.3 Å². The molecule has 1 aromatic heterocycles. The van der Waals surface area contributed by atoms with Crippen LogP contribution in [-0.4, -0.2) is 41.7 Å². The highest BCUT2D eigenvalue weighted by Gasteiger charge is 2.20. The molecule has 0 spiro atoms. The van der Waals surface area contributed by atoms with E-state index in [0.29, 0.717) is 31.6 Å². The van der Waals surface area contributed by atoms with Crippen molar-refractivity contribution < 1.29 is 9.53 Å². The van der Waals surface area contributed by atoms with Crippen LogP contribution in [0.3, 0.4) is 0 Å². The molecule has 6 heteroatoms. The molecule has 0 unspecified atom stereocenters. The van der Waals surface area contributed by atoms with Crippen molar-refractivity contribution in [1.82, 2.24) is 9.88 Å². The molecule has 19 heavy (non-hydrogen) atoms. The lowest BCUT2D eigenvalue weighted by Gasteiger charge is -2.31. The molecule has 3 N–H and O–H groups in total. The second-order valence-corrected chi connectivity index (χ2v) is 4.56. The summed E-state index contributed by atoms with van der Waals surface area (Å²) in [7, 11) is 0. The lowest BCUT2D eigenvalue weighted by molar-refractivity contribution is 0.193. The highest BCUT2D eigenvalue weighted by molar-refractivity contribution is 5.72. The number of nitrogens with zero attached hydrogens (tertiary/aromatic N) is 2. The number of urea groups is 1. The van der Waals surface area contributed by atoms with Gasteiger partial charge >= 0.3 is 6.03 Å². The Bertz CT molecular complexity index is 413. The van der Waals surface area contributed by atoms with Gasteiger partial charge in [0, 0.05) is 25.2 Å². The normalized spacial score (nSPS) is 16.2. The summed E-state index contributed by atoms with van der Waals surface area (Å²) in [6, 6.07) is 3.83. The van der Waals surface area contributed by atoms with Crippen molar-refractivity contribution in [1.29, 1.82) is 0 Å². The number of likely N-dealkylation sites (tertiary alicyclic amines) is 1. The number of pyridine rings is 1. The molecule has 2 rings (SSSR count). The molecule has 0 aliphatic carbocycles. The van der Waals surface area contributed by atoms with Crippen LogP contribution in [0.25, 0.3) is 0 Å². The van der Waals surface area contributed by atoms with Gasteiger partial charge in [-0.3, -0.25) is 0 Å². The van der Waals surface area contributed by atoms with Crippen LogP contribution in [0.4, 0.5) is 10.5 Å². The molecule has 2 heterocycles. The molecule has 1 aromatic rings. The van der Waals surface area contributed by atoms with E-state index in [1.54, 1.807) is 11.1 Å². The number of rotatable bonds is 4. The van der Waals surface area contributed by atoms with Gasteiger partial charge in [0.2, 0.25) is 5.88 Å². The Morgan fingerprint density at radius 2 is 2.26 bits per heavy atom. The van der Waals surface area contributed by atoms with E-state index in [0.717, 1.165) is 18.5 Å². The molecular formula is C13H20N4O2. The predicted octanol–water partition coefficient (Wildman–Crippen LogP) is 1.44. The van der Waals surface area contributed by atoms with Gasteiger partial charge in [-0.1, -0.05) is 0 Å². The molecule has 1 aliphatic heterocycles. The van der Waals surface area contributed by atoms with Crippen LogP contribution in [0.1, 0.15) is 19.8 Å². The minimum Gasteiger partial charge on any atom is -0.478 e. The first-order valence-electron chi connectivity index (χ1n) is 6.59. The van der Waals surface area contributed by atoms with Crippen LogP contribution in [-0.2, 0) is 0 Å². The van der Waals surface area contributed by atoms with Crippen LogP contribution >= 0.6 is 0 Å². The summed E-state index contributed by atoms with van der Waals surface area (Å²) in [5, 5.41) is 3.41. The molecule has 1 fully saturated rings. The molecule has 0 atom stereocenters. The molecule has 0 aromatic carbocycles. The van der Waals surface area contributed by atoms with Gasteiger partial charge in [0.1, 0.15) is 0 Å². The van der Waals surface area contributed by atoms with Gasteiger partial charge in [0.15, 0.2) is 0 Å². The predicted molar refractivity (Wildman–Crippen MR) is 73.2 cm³/mol. The summed E-state index contributed by atoms with van der Waals surface area (Å²) < 4.78 is 5.29. The average Bonchev–Trinajstić information content (AvgIpc) is 2.42. The maximum atomic E-state index is 11.0. The molecular weight excluding hydrogens is 244 g/mol. The molecule has 104 valence electrons. The molecule has 1 saturated heterocycles. The second kappa shape index (κ2) is 6.26. The maximum absolute atomic E-state index is 11.0. The number of hydrogen-bond donors (Lipinski definition) is 2. The maximum Gasteiger partial charge on any atom is 0.314 e. The van der Waals surface area contributed by atoms with Gasteiger partial charge in [0.25, 0.3) is 0 Å². The Hall–Kier alpha value is -1.98. The Labute approximate surface area is 112 Å². The van der Waals surface area contributed by atoms with Gasteiger partial charge in [-0.05, 0) is 25.8 Å². The van der Waals surface area contributed by atoms with Crippen LogP contribution in [0.5, 0.6) is 5.88 Å². The van der Waals surface area contributed by atoms with Crippen molar-refractivity contribution >= 4 is 11.7 Å². The van der Waals surface area contributed by atoms with E-state index in [-0.39, 0.29) is 6.03 Å². The van der Waals surface area contributed by atoms with E-state index < -0.39 is 0 Å². The van der Waals surface area contributed by atoms with E-state index in [2.05, 4.69) is 10.3 Å². The topological polar surface area (TPSA) is 80.5 Å². The highest BCUT2D eigenvalue weighted by Crippen LogP contribution is 2.17. The molecule has 0 radical (unpaired) electrons. The third-order valence-corrected chi connectivity index (χ3v) is 3.21. The number of anilines is 1. The average molecular weight is 264 g/mol. The van der Waals surface area contributed by atoms with E-state index in [4.69, 9.17) is 10.5 Å². The first-order valence-corrected chi connectivity index (χ1v) is 6.59. The number of ether oxygens (including phenoxy) is 1. The Kier molecular flexibility index (Phi) is 4.43. The summed E-state index contributed by atoms with van der Waals surface area (Å²) in [5.41, 5.74) is 6.23. The van der Waals surface area contributed by atoms with Crippen LogP contribution in [0.2, 0.25) is 0 Å². The number of hydrogen-bond acceptors (Lipinski definition) is 4. The van der Waals surface area contributed by atoms with Gasteiger partial charge < -0.3 is 20.7 Å². The molecule has 0 saturated carbocycles. The van der Waals surface area contributed by atoms with Gasteiger partial charge in [-0.25, -0.2) is 9.78 Å². The number of primary amides is 1. The number of nitrogens with one attached hydrogen (secondary N) is 1. The number of amides is 2. The van der Waals surface area contributed by atoms with Crippen molar-refractivity contribution in [3.63, 3.8) is 0 Å². The SMILES string of the molecule is CCOc1ccc(NC2CCN(C(N)=O)CC2)cn1. The van der Waals surface area contributed by atoms with Crippen LogP contribution in [0, 0.1) is 0 Å². The van der Waals surface area contributed by atoms with E-state index in [9.17, 15) is 4.79 Å². The monoisotopic (exact) mass is 264 g/mol. The number of nitrogens with two attached hydrogens (primary N) is 1. The van der Waals surface area contributed by atoms with Gasteiger partial charge in [-0.2, -0.15) is 0 Å². The lowest BCUT2D eigenvalue weighted by Crippen LogP contribution is -2.44. The summed E-state index contributed by atoms with van der Waals surface area (Å²) >= 11 is 0. The van der Waals surface area contributed by atoms with Crippen molar-refractivity contribution in [2.45, 2.75) is 25.8 Å². The Morgan fingerprint density at radius 1 is 1.53 bits per heavy atom. The van der Waals surface area contributed by atoms with Gasteiger partial charge in [0.05, 0.1) is 18.5 Å². The smallest absolute Gasteiger partial charge is 0.314 e.